The van der Waals surface area contributed by atoms with Crippen molar-refractivity contribution in [2.24, 2.45) is 0 Å². The molecule has 34 heavy (non-hydrogen) atoms. The minimum Gasteiger partial charge on any atom is -0.378 e. The van der Waals surface area contributed by atoms with Crippen LogP contribution >= 0.6 is 11.6 Å². The van der Waals surface area contributed by atoms with E-state index in [0.29, 0.717) is 23.7 Å². The second-order valence-corrected chi connectivity index (χ2v) is 8.81. The van der Waals surface area contributed by atoms with Crippen molar-refractivity contribution in [1.29, 1.82) is 0 Å². The molecular formula is C26H24ClN5O2. The highest BCUT2D eigenvalue weighted by molar-refractivity contribution is 6.30. The number of aromatic nitrogens is 4. The lowest BCUT2D eigenvalue weighted by Gasteiger charge is -2.33. The second kappa shape index (κ2) is 9.75. The summed E-state index contributed by atoms with van der Waals surface area (Å²) in [4.78, 5) is 23.2. The molecule has 3 heterocycles. The van der Waals surface area contributed by atoms with Gasteiger partial charge in [-0.25, -0.2) is 9.97 Å². The van der Waals surface area contributed by atoms with Crippen LogP contribution < -0.4 is 0 Å². The Hall–Kier alpha value is -3.55. The number of amides is 1. The standard InChI is InChI=1S/C26H24ClN5O2/c27-20-8-6-17(7-9-20)23-22(21-10-13-28-16-29-21)24(31-30-23)18-11-14-32(15-12-18)26(34)25(33)19-4-2-1-3-5-19/h1-10,13,16,18,25,33H,11-12,14-15H2,(H,30,31). The van der Waals surface area contributed by atoms with E-state index < -0.39 is 6.10 Å². The van der Waals surface area contributed by atoms with Crippen LogP contribution in [0.15, 0.2) is 73.2 Å². The fraction of sp³-hybridized carbons (Fsp3) is 0.231. The fourth-order valence-corrected chi connectivity index (χ4v) is 4.63. The van der Waals surface area contributed by atoms with Crippen molar-refractivity contribution in [2.75, 3.05) is 13.1 Å². The van der Waals surface area contributed by atoms with Gasteiger partial charge >= 0.3 is 0 Å². The molecule has 172 valence electrons. The molecule has 1 atom stereocenters. The van der Waals surface area contributed by atoms with Crippen LogP contribution in [0.25, 0.3) is 22.5 Å². The van der Waals surface area contributed by atoms with Gasteiger partial charge in [0, 0.05) is 47.0 Å². The molecule has 1 amide bonds. The summed E-state index contributed by atoms with van der Waals surface area (Å²) in [7, 11) is 0. The summed E-state index contributed by atoms with van der Waals surface area (Å²) in [5.74, 6) is -0.0800. The molecule has 4 aromatic rings. The number of aromatic amines is 1. The largest absolute Gasteiger partial charge is 0.378 e. The van der Waals surface area contributed by atoms with Gasteiger partial charge in [0.15, 0.2) is 6.10 Å². The number of halogens is 1. The molecule has 5 rings (SSSR count). The van der Waals surface area contributed by atoms with Crippen molar-refractivity contribution in [3.8, 4) is 22.5 Å². The number of nitrogens with one attached hydrogen (secondary N) is 1. The highest BCUT2D eigenvalue weighted by Crippen LogP contribution is 2.39. The van der Waals surface area contributed by atoms with Crippen molar-refractivity contribution >= 4 is 17.5 Å². The molecule has 2 N–H and O–H groups in total. The van der Waals surface area contributed by atoms with Gasteiger partial charge in [0.1, 0.15) is 12.0 Å². The number of rotatable bonds is 5. The summed E-state index contributed by atoms with van der Waals surface area (Å²) < 4.78 is 0. The normalized spacial score (nSPS) is 15.3. The predicted octanol–water partition coefficient (Wildman–Crippen LogP) is 4.63. The second-order valence-electron chi connectivity index (χ2n) is 8.38. The molecule has 0 spiro atoms. The number of aliphatic hydroxyl groups is 1. The Bertz CT molecular complexity index is 1250. The quantitative estimate of drug-likeness (QED) is 0.440. The molecule has 0 bridgehead atoms. The van der Waals surface area contributed by atoms with Gasteiger partial charge in [-0.3, -0.25) is 9.89 Å². The van der Waals surface area contributed by atoms with Gasteiger partial charge < -0.3 is 10.0 Å². The van der Waals surface area contributed by atoms with Crippen LogP contribution in [0, 0.1) is 0 Å². The molecule has 7 nitrogen and oxygen atoms in total. The minimum atomic E-state index is -1.14. The van der Waals surface area contributed by atoms with E-state index in [0.717, 1.165) is 41.1 Å². The number of carbonyl (C=O) groups excluding carboxylic acids is 1. The Morgan fingerprint density at radius 2 is 1.79 bits per heavy atom. The lowest BCUT2D eigenvalue weighted by molar-refractivity contribution is -0.141. The van der Waals surface area contributed by atoms with Crippen LogP contribution in [0.3, 0.4) is 0 Å². The van der Waals surface area contributed by atoms with E-state index in [1.807, 2.05) is 48.5 Å². The van der Waals surface area contributed by atoms with Gasteiger partial charge in [0.25, 0.3) is 5.91 Å². The van der Waals surface area contributed by atoms with Crippen molar-refractivity contribution in [3.05, 3.63) is 89.5 Å². The zero-order valence-corrected chi connectivity index (χ0v) is 19.2. The van der Waals surface area contributed by atoms with E-state index in [4.69, 9.17) is 11.6 Å². The average Bonchev–Trinajstić information content (AvgIpc) is 3.34. The molecular weight excluding hydrogens is 450 g/mol. The summed E-state index contributed by atoms with van der Waals surface area (Å²) in [6, 6.07) is 18.5. The number of piperidine rings is 1. The molecule has 1 unspecified atom stereocenters. The highest BCUT2D eigenvalue weighted by Gasteiger charge is 2.31. The first-order chi connectivity index (χ1) is 16.6. The number of carbonyl (C=O) groups is 1. The first-order valence-corrected chi connectivity index (χ1v) is 11.6. The molecule has 2 aromatic heterocycles. The molecule has 2 aromatic carbocycles. The zero-order chi connectivity index (χ0) is 23.5. The maximum atomic E-state index is 12.9. The lowest BCUT2D eigenvalue weighted by Crippen LogP contribution is -2.40. The Morgan fingerprint density at radius 3 is 2.47 bits per heavy atom. The van der Waals surface area contributed by atoms with Crippen LogP contribution in [0.1, 0.15) is 36.1 Å². The number of aliphatic hydroxyl groups excluding tert-OH is 1. The SMILES string of the molecule is O=C(C(O)c1ccccc1)N1CCC(c2[nH]nc(-c3ccc(Cl)cc3)c2-c2ccncn2)CC1. The molecule has 1 fully saturated rings. The van der Waals surface area contributed by atoms with Crippen molar-refractivity contribution in [2.45, 2.75) is 24.9 Å². The molecule has 0 aliphatic carbocycles. The summed E-state index contributed by atoms with van der Waals surface area (Å²) in [5, 5.41) is 19.1. The summed E-state index contributed by atoms with van der Waals surface area (Å²) >= 11 is 6.08. The van der Waals surface area contributed by atoms with E-state index in [1.165, 1.54) is 6.33 Å². The van der Waals surface area contributed by atoms with Gasteiger partial charge in [-0.2, -0.15) is 5.10 Å². The van der Waals surface area contributed by atoms with Crippen LogP contribution in [0.2, 0.25) is 5.02 Å². The third-order valence-electron chi connectivity index (χ3n) is 6.31. The van der Waals surface area contributed by atoms with Crippen molar-refractivity contribution in [1.82, 2.24) is 25.1 Å². The number of likely N-dealkylation sites (tertiary alicyclic amines) is 1. The van der Waals surface area contributed by atoms with E-state index in [2.05, 4.69) is 20.2 Å². The number of nitrogens with zero attached hydrogens (tertiary/aromatic N) is 4. The van der Waals surface area contributed by atoms with Gasteiger partial charge in [-0.1, -0.05) is 54.1 Å². The Balaban J connectivity index is 1.39. The van der Waals surface area contributed by atoms with Gasteiger partial charge in [-0.15, -0.1) is 0 Å². The third-order valence-corrected chi connectivity index (χ3v) is 6.57. The number of H-pyrrole nitrogens is 1. The first kappa shape index (κ1) is 22.3. The zero-order valence-electron chi connectivity index (χ0n) is 18.4. The predicted molar refractivity (Wildman–Crippen MR) is 130 cm³/mol. The molecule has 1 aliphatic rings. The van der Waals surface area contributed by atoms with Gasteiger partial charge in [-0.05, 0) is 36.6 Å². The lowest BCUT2D eigenvalue weighted by atomic mass is 9.88. The average molecular weight is 474 g/mol. The summed E-state index contributed by atoms with van der Waals surface area (Å²) in [5.41, 5.74) is 5.10. The Morgan fingerprint density at radius 1 is 1.06 bits per heavy atom. The Labute approximate surface area is 202 Å². The van der Waals surface area contributed by atoms with Crippen LogP contribution in [-0.4, -0.2) is 49.2 Å². The number of hydrogen-bond donors (Lipinski definition) is 2. The Kier molecular flexibility index (Phi) is 6.38. The summed E-state index contributed by atoms with van der Waals surface area (Å²) in [6.45, 7) is 1.12. The monoisotopic (exact) mass is 473 g/mol. The van der Waals surface area contributed by atoms with Gasteiger partial charge in [0.05, 0.1) is 5.69 Å². The van der Waals surface area contributed by atoms with Crippen LogP contribution in [0.4, 0.5) is 0 Å². The maximum Gasteiger partial charge on any atom is 0.256 e. The van der Waals surface area contributed by atoms with Crippen LogP contribution in [0.5, 0.6) is 0 Å². The van der Waals surface area contributed by atoms with E-state index in [1.54, 1.807) is 23.2 Å². The van der Waals surface area contributed by atoms with E-state index in [9.17, 15) is 9.90 Å². The van der Waals surface area contributed by atoms with Crippen molar-refractivity contribution in [3.63, 3.8) is 0 Å². The summed E-state index contributed by atoms with van der Waals surface area (Å²) in [6.07, 6.45) is 3.63. The van der Waals surface area contributed by atoms with Crippen LogP contribution in [-0.2, 0) is 4.79 Å². The number of hydrogen-bond acceptors (Lipinski definition) is 5. The topological polar surface area (TPSA) is 95.0 Å². The number of benzene rings is 2. The molecule has 0 saturated carbocycles. The minimum absolute atomic E-state index is 0.177. The van der Waals surface area contributed by atoms with E-state index >= 15 is 0 Å². The van der Waals surface area contributed by atoms with Crippen molar-refractivity contribution < 1.29 is 9.90 Å². The molecule has 1 aliphatic heterocycles. The maximum absolute atomic E-state index is 12.9. The molecule has 0 radical (unpaired) electrons. The fourth-order valence-electron chi connectivity index (χ4n) is 4.50. The first-order valence-electron chi connectivity index (χ1n) is 11.2. The third kappa shape index (κ3) is 4.44. The highest BCUT2D eigenvalue weighted by atomic mass is 35.5. The smallest absolute Gasteiger partial charge is 0.256 e. The molecule has 1 saturated heterocycles. The molecule has 8 heteroatoms. The van der Waals surface area contributed by atoms with Gasteiger partial charge in [0.2, 0.25) is 0 Å². The van der Waals surface area contributed by atoms with E-state index in [-0.39, 0.29) is 11.8 Å².